The molecule has 0 aliphatic carbocycles. The van der Waals surface area contributed by atoms with Crippen LogP contribution in [0.25, 0.3) is 0 Å². The molecule has 4 nitrogen and oxygen atoms in total. The summed E-state index contributed by atoms with van der Waals surface area (Å²) >= 11 is 0. The zero-order chi connectivity index (χ0) is 18.2. The molecule has 2 aromatic carbocycles. The second kappa shape index (κ2) is 8.92. The zero-order valence-electron chi connectivity index (χ0n) is 15.0. The monoisotopic (exact) mass is 339 g/mol. The fourth-order valence-electron chi connectivity index (χ4n) is 2.40. The number of rotatable bonds is 8. The third-order valence-electron chi connectivity index (χ3n) is 3.64. The Hall–Kier alpha value is -2.75. The predicted octanol–water partition coefficient (Wildman–Crippen LogP) is 4.70. The summed E-state index contributed by atoms with van der Waals surface area (Å²) in [6.07, 6.45) is 1.67. The molecule has 0 aliphatic rings. The summed E-state index contributed by atoms with van der Waals surface area (Å²) in [4.78, 5) is 12.2. The molecule has 1 N–H and O–H groups in total. The fraction of sp³-hybridized carbons (Fsp3) is 0.286. The van der Waals surface area contributed by atoms with Crippen molar-refractivity contribution in [2.24, 2.45) is 0 Å². The van der Waals surface area contributed by atoms with Gasteiger partial charge in [-0.05, 0) is 42.2 Å². The minimum atomic E-state index is -0.211. The highest BCUT2D eigenvalue weighted by molar-refractivity contribution is 5.92. The Balaban J connectivity index is 1.97. The molecule has 4 heteroatoms. The predicted molar refractivity (Wildman–Crippen MR) is 102 cm³/mol. The Morgan fingerprint density at radius 3 is 2.72 bits per heavy atom. The molecule has 0 saturated heterocycles. The van der Waals surface area contributed by atoms with Crippen LogP contribution in [0.5, 0.6) is 11.5 Å². The minimum absolute atomic E-state index is 0.0408. The highest BCUT2D eigenvalue weighted by Gasteiger charge is 2.10. The van der Waals surface area contributed by atoms with Crippen LogP contribution in [0.2, 0.25) is 0 Å². The number of benzene rings is 2. The number of carbonyl (C=O) groups excluding carboxylic acids is 1. The van der Waals surface area contributed by atoms with Gasteiger partial charge in [-0.1, -0.05) is 44.7 Å². The second-order valence-electron chi connectivity index (χ2n) is 6.16. The number of nitrogens with one attached hydrogen (secondary N) is 1. The molecule has 0 atom stereocenters. The summed E-state index contributed by atoms with van der Waals surface area (Å²) in [5.74, 6) is 1.56. The van der Waals surface area contributed by atoms with E-state index < -0.39 is 0 Å². The summed E-state index contributed by atoms with van der Waals surface area (Å²) in [5.41, 5.74) is 2.87. The van der Waals surface area contributed by atoms with Gasteiger partial charge in [0.15, 0.2) is 6.61 Å². The Morgan fingerprint density at radius 1 is 1.20 bits per heavy atom. The van der Waals surface area contributed by atoms with E-state index >= 15 is 0 Å². The van der Waals surface area contributed by atoms with Crippen LogP contribution < -0.4 is 14.8 Å². The van der Waals surface area contributed by atoms with Gasteiger partial charge in [0.2, 0.25) is 0 Å². The lowest BCUT2D eigenvalue weighted by Crippen LogP contribution is -2.20. The number of amides is 1. The summed E-state index contributed by atoms with van der Waals surface area (Å²) < 4.78 is 11.2. The average Bonchev–Trinajstić information content (AvgIpc) is 2.58. The van der Waals surface area contributed by atoms with Crippen molar-refractivity contribution in [2.75, 3.05) is 18.5 Å². The smallest absolute Gasteiger partial charge is 0.262 e. The molecule has 2 rings (SSSR count). The van der Waals surface area contributed by atoms with Crippen molar-refractivity contribution in [3.05, 3.63) is 66.2 Å². The maximum absolute atomic E-state index is 12.2. The van der Waals surface area contributed by atoms with Crippen LogP contribution in [0, 0.1) is 6.92 Å². The van der Waals surface area contributed by atoms with E-state index in [0.29, 0.717) is 24.0 Å². The number of ether oxygens (including phenoxy) is 2. The molecule has 25 heavy (non-hydrogen) atoms. The minimum Gasteiger partial charge on any atom is -0.489 e. The van der Waals surface area contributed by atoms with Gasteiger partial charge >= 0.3 is 0 Å². The van der Waals surface area contributed by atoms with Gasteiger partial charge in [0, 0.05) is 11.8 Å². The van der Waals surface area contributed by atoms with Gasteiger partial charge < -0.3 is 14.8 Å². The number of hydrogen-bond donors (Lipinski definition) is 1. The molecular weight excluding hydrogens is 314 g/mol. The SMILES string of the molecule is C=CCOc1cccc(NC(=O)COc2cc(C)ccc2C(C)C)c1. The second-order valence-corrected chi connectivity index (χ2v) is 6.16. The van der Waals surface area contributed by atoms with Crippen LogP contribution in [-0.2, 0) is 4.79 Å². The molecule has 0 aromatic heterocycles. The lowest BCUT2D eigenvalue weighted by molar-refractivity contribution is -0.118. The van der Waals surface area contributed by atoms with Gasteiger partial charge in [-0.3, -0.25) is 4.79 Å². The first-order valence-corrected chi connectivity index (χ1v) is 8.36. The van der Waals surface area contributed by atoms with E-state index in [2.05, 4.69) is 31.8 Å². The van der Waals surface area contributed by atoms with Gasteiger partial charge in [-0.2, -0.15) is 0 Å². The summed E-state index contributed by atoms with van der Waals surface area (Å²) in [7, 11) is 0. The van der Waals surface area contributed by atoms with Crippen LogP contribution in [0.15, 0.2) is 55.1 Å². The first-order chi connectivity index (χ1) is 12.0. The normalized spacial score (nSPS) is 10.4. The maximum Gasteiger partial charge on any atom is 0.262 e. The topological polar surface area (TPSA) is 47.6 Å². The van der Waals surface area contributed by atoms with E-state index in [-0.39, 0.29) is 12.5 Å². The standard InChI is InChI=1S/C21H25NO3/c1-5-11-24-18-8-6-7-17(13-18)22-21(23)14-25-20-12-16(4)9-10-19(20)15(2)3/h5-10,12-13,15H,1,11,14H2,2-4H3,(H,22,23). The highest BCUT2D eigenvalue weighted by Crippen LogP contribution is 2.27. The molecule has 0 bridgehead atoms. The van der Waals surface area contributed by atoms with Gasteiger partial charge in [0.1, 0.15) is 18.1 Å². The van der Waals surface area contributed by atoms with E-state index in [1.807, 2.05) is 37.3 Å². The van der Waals surface area contributed by atoms with Crippen molar-refractivity contribution < 1.29 is 14.3 Å². The molecule has 132 valence electrons. The Bertz CT molecular complexity index is 738. The van der Waals surface area contributed by atoms with Gasteiger partial charge in [-0.15, -0.1) is 0 Å². The molecule has 0 fully saturated rings. The van der Waals surface area contributed by atoms with Crippen LogP contribution >= 0.6 is 0 Å². The fourth-order valence-corrected chi connectivity index (χ4v) is 2.40. The highest BCUT2D eigenvalue weighted by atomic mass is 16.5. The Kier molecular flexibility index (Phi) is 6.63. The Labute approximate surface area is 149 Å². The van der Waals surface area contributed by atoms with Crippen LogP contribution in [0.3, 0.4) is 0 Å². The van der Waals surface area contributed by atoms with Gasteiger partial charge in [-0.25, -0.2) is 0 Å². The first-order valence-electron chi connectivity index (χ1n) is 8.36. The van der Waals surface area contributed by atoms with E-state index in [1.165, 1.54) is 0 Å². The summed E-state index contributed by atoms with van der Waals surface area (Å²) in [5, 5.41) is 2.82. The molecule has 0 spiro atoms. The van der Waals surface area contributed by atoms with Crippen molar-refractivity contribution in [2.45, 2.75) is 26.7 Å². The number of anilines is 1. The van der Waals surface area contributed by atoms with Crippen molar-refractivity contribution in [3.63, 3.8) is 0 Å². The van der Waals surface area contributed by atoms with E-state index in [4.69, 9.17) is 9.47 Å². The van der Waals surface area contributed by atoms with Crippen LogP contribution in [-0.4, -0.2) is 19.1 Å². The molecule has 0 saturated carbocycles. The maximum atomic E-state index is 12.2. The zero-order valence-corrected chi connectivity index (χ0v) is 15.0. The molecule has 1 amide bonds. The van der Waals surface area contributed by atoms with Gasteiger partial charge in [0.25, 0.3) is 5.91 Å². The molecule has 0 radical (unpaired) electrons. The summed E-state index contributed by atoms with van der Waals surface area (Å²) in [6.45, 7) is 10.2. The Morgan fingerprint density at radius 2 is 2.00 bits per heavy atom. The van der Waals surface area contributed by atoms with E-state index in [9.17, 15) is 4.79 Å². The number of aryl methyl sites for hydroxylation is 1. The average molecular weight is 339 g/mol. The third-order valence-corrected chi connectivity index (χ3v) is 3.64. The van der Waals surface area contributed by atoms with E-state index in [0.717, 1.165) is 16.9 Å². The quantitative estimate of drug-likeness (QED) is 0.709. The van der Waals surface area contributed by atoms with E-state index in [1.54, 1.807) is 12.1 Å². The lowest BCUT2D eigenvalue weighted by atomic mass is 10.0. The number of hydrogen-bond acceptors (Lipinski definition) is 3. The summed E-state index contributed by atoms with van der Waals surface area (Å²) in [6, 6.07) is 13.3. The molecule has 0 aliphatic heterocycles. The van der Waals surface area contributed by atoms with Crippen LogP contribution in [0.4, 0.5) is 5.69 Å². The molecule has 0 heterocycles. The third kappa shape index (κ3) is 5.68. The van der Waals surface area contributed by atoms with Crippen molar-refractivity contribution >= 4 is 11.6 Å². The molecule has 2 aromatic rings. The molecular formula is C21H25NO3. The largest absolute Gasteiger partial charge is 0.489 e. The van der Waals surface area contributed by atoms with Gasteiger partial charge in [0.05, 0.1) is 0 Å². The lowest BCUT2D eigenvalue weighted by Gasteiger charge is -2.15. The first kappa shape index (κ1) is 18.6. The van der Waals surface area contributed by atoms with Crippen LogP contribution in [0.1, 0.15) is 30.9 Å². The van der Waals surface area contributed by atoms with Crippen molar-refractivity contribution in [1.82, 2.24) is 0 Å². The van der Waals surface area contributed by atoms with Crippen molar-refractivity contribution in [1.29, 1.82) is 0 Å². The van der Waals surface area contributed by atoms with Crippen molar-refractivity contribution in [3.8, 4) is 11.5 Å². The molecule has 0 unspecified atom stereocenters. The number of carbonyl (C=O) groups is 1.